The summed E-state index contributed by atoms with van der Waals surface area (Å²) in [4.78, 5) is 24.5. The molecule has 0 saturated carbocycles. The highest BCUT2D eigenvalue weighted by atomic mass is 32.2. The molecule has 4 aromatic rings. The average Bonchev–Trinajstić information content (AvgIpc) is 3.31. The van der Waals surface area contributed by atoms with E-state index in [1.807, 2.05) is 6.07 Å². The molecule has 0 bridgehead atoms. The molecule has 0 saturated heterocycles. The molecule has 3 aromatic carbocycles. The Morgan fingerprint density at radius 1 is 1.11 bits per heavy atom. The molecule has 11 nitrogen and oxygen atoms in total. The number of amides is 1. The Hall–Kier alpha value is -4.73. The minimum absolute atomic E-state index is 0.0728. The van der Waals surface area contributed by atoms with Crippen molar-refractivity contribution in [1.29, 1.82) is 5.26 Å². The first-order chi connectivity index (χ1) is 17.2. The number of methoxy groups -OCH3 is 1. The van der Waals surface area contributed by atoms with Gasteiger partial charge in [-0.15, -0.1) is 0 Å². The van der Waals surface area contributed by atoms with E-state index in [9.17, 15) is 23.1 Å². The van der Waals surface area contributed by atoms with Crippen molar-refractivity contribution in [3.8, 4) is 22.9 Å². The van der Waals surface area contributed by atoms with Crippen LogP contribution < -0.4 is 14.8 Å². The van der Waals surface area contributed by atoms with Gasteiger partial charge in [-0.1, -0.05) is 23.4 Å². The van der Waals surface area contributed by atoms with E-state index in [-0.39, 0.29) is 43.9 Å². The van der Waals surface area contributed by atoms with Crippen molar-refractivity contribution >= 4 is 38.6 Å². The van der Waals surface area contributed by atoms with Gasteiger partial charge in [0, 0.05) is 11.1 Å². The van der Waals surface area contributed by atoms with Crippen LogP contribution in [-0.4, -0.2) is 44.7 Å². The van der Waals surface area contributed by atoms with Crippen molar-refractivity contribution in [2.75, 3.05) is 19.5 Å². The number of aromatic nitrogens is 1. The summed E-state index contributed by atoms with van der Waals surface area (Å²) >= 11 is 0. The van der Waals surface area contributed by atoms with Gasteiger partial charge in [-0.2, -0.15) is 5.26 Å². The van der Waals surface area contributed by atoms with Crippen molar-refractivity contribution in [2.24, 2.45) is 0 Å². The summed E-state index contributed by atoms with van der Waals surface area (Å²) in [6, 6.07) is 15.1. The van der Waals surface area contributed by atoms with E-state index in [0.29, 0.717) is 11.3 Å². The van der Waals surface area contributed by atoms with Crippen LogP contribution in [0.25, 0.3) is 22.1 Å². The van der Waals surface area contributed by atoms with Crippen LogP contribution in [0.2, 0.25) is 0 Å². The molecule has 182 valence electrons. The number of carboxylic acid groups (broad SMARTS) is 1. The number of carbonyl (C=O) groups excluding carboxylic acids is 1. The lowest BCUT2D eigenvalue weighted by atomic mass is 10.0. The zero-order valence-corrected chi connectivity index (χ0v) is 19.7. The molecule has 1 heterocycles. The van der Waals surface area contributed by atoms with Gasteiger partial charge in [-0.05, 0) is 43.4 Å². The molecule has 1 amide bonds. The van der Waals surface area contributed by atoms with Gasteiger partial charge in [0.05, 0.1) is 40.3 Å². The summed E-state index contributed by atoms with van der Waals surface area (Å²) in [5.74, 6) is -1.76. The molecule has 0 aliphatic rings. The van der Waals surface area contributed by atoms with Gasteiger partial charge < -0.3 is 19.7 Å². The number of ether oxygens (including phenoxy) is 1. The Labute approximate surface area is 205 Å². The smallest absolute Gasteiger partial charge is 0.337 e. The van der Waals surface area contributed by atoms with Crippen molar-refractivity contribution in [2.45, 2.75) is 4.90 Å². The largest absolute Gasteiger partial charge is 0.496 e. The zero-order valence-electron chi connectivity index (χ0n) is 18.9. The quantitative estimate of drug-likeness (QED) is 0.340. The van der Waals surface area contributed by atoms with Crippen LogP contribution in [0.4, 0.5) is 5.69 Å². The number of nitrogens with zero attached hydrogens (tertiary/aromatic N) is 2. The number of anilines is 1. The van der Waals surface area contributed by atoms with E-state index in [1.165, 1.54) is 38.4 Å². The van der Waals surface area contributed by atoms with Crippen molar-refractivity contribution in [3.05, 3.63) is 71.4 Å². The second-order valence-corrected chi connectivity index (χ2v) is 9.27. The van der Waals surface area contributed by atoms with Gasteiger partial charge in [0.2, 0.25) is 10.0 Å². The molecule has 0 fully saturated rings. The molecule has 1 aromatic heterocycles. The topological polar surface area (TPSA) is 172 Å². The second kappa shape index (κ2) is 9.49. The molecule has 3 N–H and O–H groups in total. The van der Waals surface area contributed by atoms with Crippen molar-refractivity contribution in [3.63, 3.8) is 0 Å². The third kappa shape index (κ3) is 4.36. The summed E-state index contributed by atoms with van der Waals surface area (Å²) in [7, 11) is -1.30. The van der Waals surface area contributed by atoms with E-state index < -0.39 is 21.9 Å². The lowest BCUT2D eigenvalue weighted by Gasteiger charge is -2.13. The normalized spacial score (nSPS) is 11.1. The monoisotopic (exact) mass is 506 g/mol. The number of nitrogens with one attached hydrogen (secondary N) is 2. The number of benzene rings is 3. The maximum atomic E-state index is 13.0. The molecule has 0 aliphatic heterocycles. The van der Waals surface area contributed by atoms with E-state index >= 15 is 0 Å². The highest BCUT2D eigenvalue weighted by Crippen LogP contribution is 2.37. The number of hydrogen-bond donors (Lipinski definition) is 3. The Balaban J connectivity index is 1.86. The predicted molar refractivity (Wildman–Crippen MR) is 128 cm³/mol. The molecule has 36 heavy (non-hydrogen) atoms. The number of aromatic carboxylic acids is 1. The van der Waals surface area contributed by atoms with Crippen LogP contribution in [0.5, 0.6) is 5.75 Å². The maximum absolute atomic E-state index is 13.0. The fourth-order valence-corrected chi connectivity index (χ4v) is 4.57. The molecule has 0 radical (unpaired) electrons. The third-order valence-corrected chi connectivity index (χ3v) is 6.82. The van der Waals surface area contributed by atoms with Crippen LogP contribution in [-0.2, 0) is 10.0 Å². The Bertz CT molecular complexity index is 1670. The van der Waals surface area contributed by atoms with Crippen molar-refractivity contribution < 1.29 is 32.4 Å². The summed E-state index contributed by atoms with van der Waals surface area (Å²) in [6.07, 6.45) is 0. The lowest BCUT2D eigenvalue weighted by Crippen LogP contribution is -2.20. The molecule has 4 rings (SSSR count). The first kappa shape index (κ1) is 24.4. The molecule has 0 unspecified atom stereocenters. The number of hydrogen-bond acceptors (Lipinski definition) is 8. The van der Waals surface area contributed by atoms with Crippen LogP contribution in [0.1, 0.15) is 26.4 Å². The molecule has 0 atom stereocenters. The fraction of sp³-hybridized carbons (Fsp3) is 0.0833. The standard InChI is InChI=1S/C24H18N4O7S/c1-26-36(32,33)21-11-17-20(10-15(21)14-5-3-4-6-19(14)34-2)35-28-22(17)23(29)27-18-8-7-13(12-25)9-16(18)24(30)31/h3-11,26H,1-2H3,(H,27,29)(H,30,31). The maximum Gasteiger partial charge on any atom is 0.337 e. The number of carboxylic acids is 1. The minimum Gasteiger partial charge on any atom is -0.496 e. The molecular formula is C24H18N4O7S. The fourth-order valence-electron chi connectivity index (χ4n) is 3.62. The Morgan fingerprint density at radius 2 is 1.86 bits per heavy atom. The highest BCUT2D eigenvalue weighted by Gasteiger charge is 2.26. The molecular weight excluding hydrogens is 488 g/mol. The van der Waals surface area contributed by atoms with Crippen LogP contribution in [0.3, 0.4) is 0 Å². The Kier molecular flexibility index (Phi) is 6.43. The summed E-state index contributed by atoms with van der Waals surface area (Å²) < 4.78 is 38.8. The highest BCUT2D eigenvalue weighted by molar-refractivity contribution is 7.89. The lowest BCUT2D eigenvalue weighted by molar-refractivity contribution is 0.0698. The van der Waals surface area contributed by atoms with Crippen LogP contribution in [0, 0.1) is 11.3 Å². The molecule has 0 aliphatic carbocycles. The number of carbonyl (C=O) groups is 2. The zero-order chi connectivity index (χ0) is 26.0. The predicted octanol–water partition coefficient (Wildman–Crippen LogP) is 3.23. The van der Waals surface area contributed by atoms with E-state index in [2.05, 4.69) is 15.2 Å². The van der Waals surface area contributed by atoms with Gasteiger partial charge >= 0.3 is 5.97 Å². The second-order valence-electron chi connectivity index (χ2n) is 7.41. The van der Waals surface area contributed by atoms with Crippen molar-refractivity contribution in [1.82, 2.24) is 9.88 Å². The number of nitriles is 1. The van der Waals surface area contributed by atoms with Gasteiger partial charge in [0.1, 0.15) is 5.75 Å². The minimum atomic E-state index is -4.01. The molecule has 0 spiro atoms. The van der Waals surface area contributed by atoms with Crippen LogP contribution >= 0.6 is 0 Å². The Morgan fingerprint density at radius 3 is 2.53 bits per heavy atom. The molecule has 12 heteroatoms. The summed E-state index contributed by atoms with van der Waals surface area (Å²) in [6.45, 7) is 0. The number of sulfonamides is 1. The van der Waals surface area contributed by atoms with Crippen LogP contribution in [0.15, 0.2) is 64.0 Å². The van der Waals surface area contributed by atoms with E-state index in [1.54, 1.807) is 24.3 Å². The SMILES string of the molecule is CNS(=O)(=O)c1cc2c(C(=O)Nc3ccc(C#N)cc3C(=O)O)noc2cc1-c1ccccc1OC. The van der Waals surface area contributed by atoms with Gasteiger partial charge in [0.15, 0.2) is 11.3 Å². The van der Waals surface area contributed by atoms with E-state index in [4.69, 9.17) is 14.5 Å². The van der Waals surface area contributed by atoms with Gasteiger partial charge in [-0.25, -0.2) is 17.9 Å². The van der Waals surface area contributed by atoms with Gasteiger partial charge in [0.25, 0.3) is 5.91 Å². The number of para-hydroxylation sites is 1. The number of fused-ring (bicyclic) bond motifs is 1. The summed E-state index contributed by atoms with van der Waals surface area (Å²) in [5, 5.41) is 24.8. The van der Waals surface area contributed by atoms with E-state index in [0.717, 1.165) is 6.07 Å². The van der Waals surface area contributed by atoms with Gasteiger partial charge in [-0.3, -0.25) is 4.79 Å². The summed E-state index contributed by atoms with van der Waals surface area (Å²) in [5.41, 5.74) is 0.324. The first-order valence-corrected chi connectivity index (χ1v) is 11.8. The third-order valence-electron chi connectivity index (χ3n) is 5.37. The number of rotatable bonds is 7. The first-order valence-electron chi connectivity index (χ1n) is 10.3. The average molecular weight is 506 g/mol.